The van der Waals surface area contributed by atoms with Crippen LogP contribution < -0.4 is 5.32 Å². The first-order chi connectivity index (χ1) is 8.90. The average Bonchev–Trinajstić information content (AvgIpc) is 2.85. The molecule has 1 aliphatic heterocycles. The minimum absolute atomic E-state index is 0.405. The number of likely N-dealkylation sites (N-methyl/N-ethyl adjacent to an activating group) is 1. The molecule has 0 spiro atoms. The largest absolute Gasteiger partial charge is 0.312 e. The molecule has 0 bridgehead atoms. The highest BCUT2D eigenvalue weighted by atomic mass is 32.2. The molecule has 92 valence electrons. The molecule has 2 unspecified atom stereocenters. The Balaban J connectivity index is 1.95. The Morgan fingerprint density at radius 3 is 2.56 bits per heavy atom. The Bertz CT molecular complexity index is 524. The van der Waals surface area contributed by atoms with Gasteiger partial charge in [-0.05, 0) is 24.2 Å². The topological polar surface area (TPSA) is 12.0 Å². The second-order valence-electron chi connectivity index (χ2n) is 4.63. The molecule has 2 heteroatoms. The summed E-state index contributed by atoms with van der Waals surface area (Å²) < 4.78 is 0. The lowest BCUT2D eigenvalue weighted by Gasteiger charge is -2.24. The normalized spacial score (nSPS) is 19.5. The van der Waals surface area contributed by atoms with Crippen molar-refractivity contribution in [3.05, 3.63) is 65.7 Å². The van der Waals surface area contributed by atoms with Crippen LogP contribution in [-0.4, -0.2) is 12.8 Å². The maximum atomic E-state index is 3.49. The highest BCUT2D eigenvalue weighted by Gasteiger charge is 2.30. The molecule has 2 aromatic rings. The van der Waals surface area contributed by atoms with Crippen molar-refractivity contribution in [1.29, 1.82) is 0 Å². The predicted molar refractivity (Wildman–Crippen MR) is 78.1 cm³/mol. The number of fused-ring (bicyclic) bond motifs is 1. The molecule has 1 N–H and O–H groups in total. The molecule has 1 heterocycles. The number of hydrogen-bond acceptors (Lipinski definition) is 2. The number of thioether (sulfide) groups is 1. The summed E-state index contributed by atoms with van der Waals surface area (Å²) in [6.07, 6.45) is 0. The number of hydrogen-bond donors (Lipinski definition) is 1. The van der Waals surface area contributed by atoms with Crippen molar-refractivity contribution in [3.8, 4) is 0 Å². The van der Waals surface area contributed by atoms with E-state index in [1.165, 1.54) is 21.8 Å². The summed E-state index contributed by atoms with van der Waals surface area (Å²) in [5.74, 6) is 1.73. The summed E-state index contributed by atoms with van der Waals surface area (Å²) >= 11 is 1.97. The summed E-state index contributed by atoms with van der Waals surface area (Å²) in [6, 6.07) is 19.9. The molecule has 2 aromatic carbocycles. The number of rotatable bonds is 3. The van der Waals surface area contributed by atoms with Crippen molar-refractivity contribution in [2.45, 2.75) is 16.9 Å². The van der Waals surface area contributed by atoms with Gasteiger partial charge in [-0.25, -0.2) is 0 Å². The molecule has 1 aliphatic rings. The first-order valence-electron chi connectivity index (χ1n) is 6.34. The van der Waals surface area contributed by atoms with Crippen LogP contribution in [0.1, 0.15) is 23.1 Å². The van der Waals surface area contributed by atoms with Crippen molar-refractivity contribution >= 4 is 11.8 Å². The van der Waals surface area contributed by atoms with E-state index in [1.54, 1.807) is 0 Å². The van der Waals surface area contributed by atoms with Crippen molar-refractivity contribution in [3.63, 3.8) is 0 Å². The molecule has 0 fully saturated rings. The zero-order valence-corrected chi connectivity index (χ0v) is 11.3. The Kier molecular flexibility index (Phi) is 3.39. The van der Waals surface area contributed by atoms with Crippen molar-refractivity contribution in [2.75, 3.05) is 12.8 Å². The van der Waals surface area contributed by atoms with E-state index in [-0.39, 0.29) is 0 Å². The van der Waals surface area contributed by atoms with Gasteiger partial charge >= 0.3 is 0 Å². The zero-order valence-electron chi connectivity index (χ0n) is 10.5. The third-order valence-corrected chi connectivity index (χ3v) is 4.82. The van der Waals surface area contributed by atoms with E-state index >= 15 is 0 Å². The summed E-state index contributed by atoms with van der Waals surface area (Å²) in [4.78, 5) is 1.44. The quantitative estimate of drug-likeness (QED) is 0.894. The first kappa shape index (κ1) is 11.8. The fourth-order valence-corrected chi connectivity index (χ4v) is 4.02. The average molecular weight is 255 g/mol. The van der Waals surface area contributed by atoms with Gasteiger partial charge < -0.3 is 5.32 Å². The lowest BCUT2D eigenvalue weighted by atomic mass is 9.89. The number of benzene rings is 2. The van der Waals surface area contributed by atoms with Gasteiger partial charge in [-0.1, -0.05) is 48.5 Å². The van der Waals surface area contributed by atoms with E-state index in [4.69, 9.17) is 0 Å². The van der Waals surface area contributed by atoms with Crippen molar-refractivity contribution < 1.29 is 0 Å². The molecule has 0 radical (unpaired) electrons. The van der Waals surface area contributed by atoms with Gasteiger partial charge in [0.05, 0.1) is 0 Å². The van der Waals surface area contributed by atoms with Crippen molar-refractivity contribution in [1.82, 2.24) is 5.32 Å². The molecule has 0 aromatic heterocycles. The van der Waals surface area contributed by atoms with Crippen molar-refractivity contribution in [2.24, 2.45) is 0 Å². The summed E-state index contributed by atoms with van der Waals surface area (Å²) in [6.45, 7) is 0. The highest BCUT2D eigenvalue weighted by Crippen LogP contribution is 2.45. The van der Waals surface area contributed by atoms with Crippen LogP contribution in [0, 0.1) is 0 Å². The van der Waals surface area contributed by atoms with Crippen LogP contribution in [0.3, 0.4) is 0 Å². The third-order valence-electron chi connectivity index (χ3n) is 3.61. The second kappa shape index (κ2) is 5.17. The minimum atomic E-state index is 0.405. The maximum Gasteiger partial charge on any atom is 0.0395 e. The minimum Gasteiger partial charge on any atom is -0.312 e. The molecule has 0 aliphatic carbocycles. The molecule has 1 nitrogen and oxygen atoms in total. The molecular formula is C16H17NS. The van der Waals surface area contributed by atoms with Crippen LogP contribution in [0.4, 0.5) is 0 Å². The van der Waals surface area contributed by atoms with Crippen LogP contribution in [-0.2, 0) is 0 Å². The first-order valence-corrected chi connectivity index (χ1v) is 7.32. The number of nitrogens with one attached hydrogen (secondary N) is 1. The van der Waals surface area contributed by atoms with Gasteiger partial charge in [-0.15, -0.1) is 11.8 Å². The van der Waals surface area contributed by atoms with Gasteiger partial charge in [0.2, 0.25) is 0 Å². The van der Waals surface area contributed by atoms with Crippen LogP contribution in [0.5, 0.6) is 0 Å². The Hall–Kier alpha value is -1.25. The van der Waals surface area contributed by atoms with E-state index in [9.17, 15) is 0 Å². The fourth-order valence-electron chi connectivity index (χ4n) is 2.72. The summed E-state index contributed by atoms with van der Waals surface area (Å²) in [5.41, 5.74) is 2.87. The summed E-state index contributed by atoms with van der Waals surface area (Å²) in [7, 11) is 2.06. The Morgan fingerprint density at radius 2 is 1.78 bits per heavy atom. The van der Waals surface area contributed by atoms with Crippen LogP contribution in [0.25, 0.3) is 0 Å². The SMILES string of the molecule is CNC(c1ccccc1)C1CSc2ccccc21. The standard InChI is InChI=1S/C16H17NS/c1-17-16(12-7-3-2-4-8-12)14-11-18-15-10-6-5-9-13(14)15/h2-10,14,16-17H,11H2,1H3. The smallest absolute Gasteiger partial charge is 0.0395 e. The molecule has 2 atom stereocenters. The molecule has 3 rings (SSSR count). The molecule has 0 saturated heterocycles. The van der Waals surface area contributed by atoms with Gasteiger partial charge in [-0.3, -0.25) is 0 Å². The Morgan fingerprint density at radius 1 is 1.06 bits per heavy atom. The molecular weight excluding hydrogens is 238 g/mol. The van der Waals surface area contributed by atoms with E-state index in [0.717, 1.165) is 0 Å². The molecule has 18 heavy (non-hydrogen) atoms. The van der Waals surface area contributed by atoms with Crippen LogP contribution >= 0.6 is 11.8 Å². The van der Waals surface area contributed by atoms with Gasteiger partial charge in [0, 0.05) is 22.6 Å². The summed E-state index contributed by atoms with van der Waals surface area (Å²) in [5, 5.41) is 3.49. The van der Waals surface area contributed by atoms with Crippen LogP contribution in [0.2, 0.25) is 0 Å². The van der Waals surface area contributed by atoms with Crippen LogP contribution in [0.15, 0.2) is 59.5 Å². The lowest BCUT2D eigenvalue weighted by Crippen LogP contribution is -2.23. The van der Waals surface area contributed by atoms with E-state index in [1.807, 2.05) is 11.8 Å². The van der Waals surface area contributed by atoms with Gasteiger partial charge in [0.25, 0.3) is 0 Å². The predicted octanol–water partition coefficient (Wildman–Crippen LogP) is 3.84. The maximum absolute atomic E-state index is 3.49. The highest BCUT2D eigenvalue weighted by molar-refractivity contribution is 7.99. The molecule has 0 amide bonds. The van der Waals surface area contributed by atoms with E-state index in [2.05, 4.69) is 67.0 Å². The van der Waals surface area contributed by atoms with E-state index in [0.29, 0.717) is 12.0 Å². The fraction of sp³-hybridized carbons (Fsp3) is 0.250. The van der Waals surface area contributed by atoms with E-state index < -0.39 is 0 Å². The van der Waals surface area contributed by atoms with Gasteiger partial charge in [0.15, 0.2) is 0 Å². The van der Waals surface area contributed by atoms with Gasteiger partial charge in [-0.2, -0.15) is 0 Å². The molecule has 0 saturated carbocycles. The Labute approximate surface area is 113 Å². The second-order valence-corrected chi connectivity index (χ2v) is 5.69. The lowest BCUT2D eigenvalue weighted by molar-refractivity contribution is 0.514. The third kappa shape index (κ3) is 2.06. The monoisotopic (exact) mass is 255 g/mol. The van der Waals surface area contributed by atoms with Gasteiger partial charge in [0.1, 0.15) is 0 Å². The zero-order chi connectivity index (χ0) is 12.4.